The molecule has 0 bridgehead atoms. The monoisotopic (exact) mass is 309 g/mol. The van der Waals surface area contributed by atoms with Crippen molar-refractivity contribution < 1.29 is 9.53 Å². The molecule has 0 amide bonds. The summed E-state index contributed by atoms with van der Waals surface area (Å²) in [4.78, 5) is 14.8. The Kier molecular flexibility index (Phi) is 4.37. The quantitative estimate of drug-likeness (QED) is 0.621. The number of nitrogens with zero attached hydrogens (tertiary/aromatic N) is 1. The lowest BCUT2D eigenvalue weighted by atomic mass is 9.80. The van der Waals surface area contributed by atoms with E-state index in [1.165, 1.54) is 0 Å². The van der Waals surface area contributed by atoms with Crippen LogP contribution in [0.25, 0.3) is 0 Å². The Bertz CT molecular complexity index is 692. The summed E-state index contributed by atoms with van der Waals surface area (Å²) in [6.07, 6.45) is 0. The van der Waals surface area contributed by atoms with Crippen molar-refractivity contribution in [1.29, 1.82) is 0 Å². The molecule has 2 aromatic rings. The van der Waals surface area contributed by atoms with Crippen LogP contribution in [0.4, 0.5) is 5.69 Å². The van der Waals surface area contributed by atoms with Gasteiger partial charge in [-0.3, -0.25) is 4.79 Å². The zero-order valence-corrected chi connectivity index (χ0v) is 14.0. The van der Waals surface area contributed by atoms with Gasteiger partial charge in [-0.2, -0.15) is 0 Å². The topological polar surface area (TPSA) is 29.5 Å². The van der Waals surface area contributed by atoms with E-state index in [-0.39, 0.29) is 17.8 Å². The molecule has 0 radical (unpaired) electrons. The Hall–Kier alpha value is -2.29. The molecule has 0 aromatic heterocycles. The SMILES string of the molecule is CCN(CC)c1ccc2c(c1)OC(=O)C(c1ccccc1)C2C. The summed E-state index contributed by atoms with van der Waals surface area (Å²) in [6, 6.07) is 16.1. The number of anilines is 1. The number of hydrogen-bond acceptors (Lipinski definition) is 3. The standard InChI is InChI=1S/C20H23NO2/c1-4-21(5-2)16-11-12-17-14(3)19(15-9-7-6-8-10-15)20(22)23-18(17)13-16/h6-14,19H,4-5H2,1-3H3. The molecular weight excluding hydrogens is 286 g/mol. The second-order valence-electron chi connectivity index (χ2n) is 5.99. The zero-order chi connectivity index (χ0) is 16.4. The summed E-state index contributed by atoms with van der Waals surface area (Å²) in [5.74, 6) is 0.425. The van der Waals surface area contributed by atoms with Crippen molar-refractivity contribution in [3.05, 3.63) is 59.7 Å². The first kappa shape index (κ1) is 15.6. The maximum absolute atomic E-state index is 12.6. The molecule has 0 saturated heterocycles. The highest BCUT2D eigenvalue weighted by Crippen LogP contribution is 2.43. The number of esters is 1. The molecule has 1 heterocycles. The molecule has 0 fully saturated rings. The van der Waals surface area contributed by atoms with E-state index < -0.39 is 0 Å². The van der Waals surface area contributed by atoms with Crippen LogP contribution >= 0.6 is 0 Å². The van der Waals surface area contributed by atoms with Gasteiger partial charge in [0, 0.05) is 30.8 Å². The van der Waals surface area contributed by atoms with Gasteiger partial charge in [0.2, 0.25) is 0 Å². The van der Waals surface area contributed by atoms with Crippen molar-refractivity contribution in [3.8, 4) is 5.75 Å². The van der Waals surface area contributed by atoms with E-state index in [2.05, 4.69) is 37.8 Å². The zero-order valence-electron chi connectivity index (χ0n) is 14.0. The predicted octanol–water partition coefficient (Wildman–Crippen LogP) is 4.34. The average molecular weight is 309 g/mol. The lowest BCUT2D eigenvalue weighted by Crippen LogP contribution is -2.29. The summed E-state index contributed by atoms with van der Waals surface area (Å²) in [7, 11) is 0. The molecule has 23 heavy (non-hydrogen) atoms. The van der Waals surface area contributed by atoms with Crippen molar-refractivity contribution in [2.75, 3.05) is 18.0 Å². The molecule has 2 unspecified atom stereocenters. The predicted molar refractivity (Wildman–Crippen MR) is 93.2 cm³/mol. The van der Waals surface area contributed by atoms with Gasteiger partial charge in [0.1, 0.15) is 5.75 Å². The molecule has 3 rings (SSSR count). The minimum atomic E-state index is -0.233. The Morgan fingerprint density at radius 3 is 2.39 bits per heavy atom. The fourth-order valence-corrected chi connectivity index (χ4v) is 3.41. The van der Waals surface area contributed by atoms with Crippen molar-refractivity contribution in [3.63, 3.8) is 0 Å². The highest BCUT2D eigenvalue weighted by atomic mass is 16.5. The van der Waals surface area contributed by atoms with Gasteiger partial charge in [0.15, 0.2) is 0 Å². The summed E-state index contributed by atoms with van der Waals surface area (Å²) >= 11 is 0. The molecule has 2 aromatic carbocycles. The summed E-state index contributed by atoms with van der Waals surface area (Å²) in [5.41, 5.74) is 3.23. The van der Waals surface area contributed by atoms with E-state index in [9.17, 15) is 4.79 Å². The van der Waals surface area contributed by atoms with E-state index in [0.29, 0.717) is 5.75 Å². The Morgan fingerprint density at radius 1 is 1.04 bits per heavy atom. The average Bonchev–Trinajstić information content (AvgIpc) is 2.57. The highest BCUT2D eigenvalue weighted by Gasteiger charge is 2.36. The first-order valence-corrected chi connectivity index (χ1v) is 8.31. The maximum Gasteiger partial charge on any atom is 0.319 e. The largest absolute Gasteiger partial charge is 0.426 e. The minimum Gasteiger partial charge on any atom is -0.426 e. The van der Waals surface area contributed by atoms with Gasteiger partial charge in [0.05, 0.1) is 5.92 Å². The van der Waals surface area contributed by atoms with Crippen LogP contribution in [0.5, 0.6) is 5.75 Å². The smallest absolute Gasteiger partial charge is 0.319 e. The Morgan fingerprint density at radius 2 is 1.74 bits per heavy atom. The van der Waals surface area contributed by atoms with Crippen molar-refractivity contribution in [1.82, 2.24) is 0 Å². The molecule has 1 aliphatic rings. The van der Waals surface area contributed by atoms with Gasteiger partial charge in [-0.1, -0.05) is 43.3 Å². The van der Waals surface area contributed by atoms with Crippen molar-refractivity contribution >= 4 is 11.7 Å². The molecular formula is C20H23NO2. The molecule has 2 atom stereocenters. The van der Waals surface area contributed by atoms with Crippen molar-refractivity contribution in [2.24, 2.45) is 0 Å². The number of rotatable bonds is 4. The van der Waals surface area contributed by atoms with Crippen molar-refractivity contribution in [2.45, 2.75) is 32.6 Å². The number of carbonyl (C=O) groups excluding carboxylic acids is 1. The summed E-state index contributed by atoms with van der Waals surface area (Å²) in [6.45, 7) is 8.23. The molecule has 0 saturated carbocycles. The third-order valence-electron chi connectivity index (χ3n) is 4.74. The van der Waals surface area contributed by atoms with Crippen LogP contribution in [0.15, 0.2) is 48.5 Å². The van der Waals surface area contributed by atoms with Gasteiger partial charge in [-0.15, -0.1) is 0 Å². The third kappa shape index (κ3) is 2.83. The first-order valence-electron chi connectivity index (χ1n) is 8.31. The van der Waals surface area contributed by atoms with Crippen LogP contribution in [0.2, 0.25) is 0 Å². The Labute approximate surface area is 137 Å². The van der Waals surface area contributed by atoms with E-state index in [0.717, 1.165) is 29.9 Å². The normalized spacial score (nSPS) is 19.9. The van der Waals surface area contributed by atoms with Gasteiger partial charge in [-0.25, -0.2) is 0 Å². The fraction of sp³-hybridized carbons (Fsp3) is 0.350. The number of hydrogen-bond donors (Lipinski definition) is 0. The van der Waals surface area contributed by atoms with E-state index in [1.54, 1.807) is 0 Å². The highest BCUT2D eigenvalue weighted by molar-refractivity contribution is 5.84. The van der Waals surface area contributed by atoms with Crippen LogP contribution in [0.1, 0.15) is 43.7 Å². The van der Waals surface area contributed by atoms with Crippen LogP contribution in [0.3, 0.4) is 0 Å². The van der Waals surface area contributed by atoms with Crippen LogP contribution in [-0.2, 0) is 4.79 Å². The third-order valence-corrected chi connectivity index (χ3v) is 4.74. The van der Waals surface area contributed by atoms with E-state index >= 15 is 0 Å². The number of ether oxygens (including phenoxy) is 1. The maximum atomic E-state index is 12.6. The van der Waals surface area contributed by atoms with Crippen LogP contribution < -0.4 is 9.64 Å². The second kappa shape index (κ2) is 6.45. The van der Waals surface area contributed by atoms with Gasteiger partial charge in [-0.05, 0) is 31.0 Å². The molecule has 3 nitrogen and oxygen atoms in total. The molecule has 0 spiro atoms. The number of benzene rings is 2. The van der Waals surface area contributed by atoms with Gasteiger partial charge in [0.25, 0.3) is 0 Å². The molecule has 1 aliphatic heterocycles. The van der Waals surface area contributed by atoms with Gasteiger partial charge < -0.3 is 9.64 Å². The second-order valence-corrected chi connectivity index (χ2v) is 5.99. The molecule has 3 heteroatoms. The lowest BCUT2D eigenvalue weighted by molar-refractivity contribution is -0.137. The molecule has 120 valence electrons. The first-order chi connectivity index (χ1) is 11.2. The van der Waals surface area contributed by atoms with Crippen LogP contribution in [-0.4, -0.2) is 19.1 Å². The lowest BCUT2D eigenvalue weighted by Gasteiger charge is -2.31. The molecule has 0 aliphatic carbocycles. The van der Waals surface area contributed by atoms with Crippen LogP contribution in [0, 0.1) is 0 Å². The minimum absolute atomic E-state index is 0.111. The summed E-state index contributed by atoms with van der Waals surface area (Å²) < 4.78 is 5.68. The molecule has 0 N–H and O–H groups in total. The number of carbonyl (C=O) groups is 1. The number of fused-ring (bicyclic) bond motifs is 1. The summed E-state index contributed by atoms with van der Waals surface area (Å²) in [5, 5.41) is 0. The van der Waals surface area contributed by atoms with Gasteiger partial charge >= 0.3 is 5.97 Å². The Balaban J connectivity index is 1.97. The fourth-order valence-electron chi connectivity index (χ4n) is 3.41. The van der Waals surface area contributed by atoms with E-state index in [1.807, 2.05) is 36.4 Å². The van der Waals surface area contributed by atoms with E-state index in [4.69, 9.17) is 4.74 Å².